The van der Waals surface area contributed by atoms with E-state index in [4.69, 9.17) is 14.2 Å². The van der Waals surface area contributed by atoms with Gasteiger partial charge >= 0.3 is 11.9 Å². The number of carbonyl (C=O) groups is 2. The number of benzene rings is 2. The van der Waals surface area contributed by atoms with Crippen molar-refractivity contribution >= 4 is 33.7 Å². The highest BCUT2D eigenvalue weighted by Gasteiger charge is 2.65. The van der Waals surface area contributed by atoms with E-state index in [0.717, 1.165) is 77.6 Å². The zero-order valence-electron chi connectivity index (χ0n) is 31.9. The molecule has 4 aliphatic heterocycles. The maximum absolute atomic E-state index is 14.4. The Morgan fingerprint density at radius 3 is 2.49 bits per heavy atom. The first-order chi connectivity index (χ1) is 25.7. The smallest absolute Gasteiger partial charge is 0.319 e. The van der Waals surface area contributed by atoms with Crippen molar-refractivity contribution in [2.24, 2.45) is 29.6 Å². The van der Waals surface area contributed by atoms with Gasteiger partial charge in [0.1, 0.15) is 17.4 Å². The van der Waals surface area contributed by atoms with E-state index >= 15 is 0 Å². The monoisotopic (exact) mass is 722 g/mol. The standard InChI is InChI=1S/C43H54N4O6/c1-7-22-17-24-20-43(42(50)53-6)38-27(15-16-47(39(22)43)40(24)48)26-13-14-33(51-4)35(37(26)45-38)30-18-28-23(8-2)21-46(3)32(34(28)41(49)52-5)19-29-25-11-9-10-12-31(25)44-36(29)30/h9-14,22-24,28,30,32,34,39-40,44-45,48H,7-8,15-21H2,1-6H3/t22-,23+,24+,28-,30+,32-,34-,39-,40-,43+/m0/s1. The second-order valence-corrected chi connectivity index (χ2v) is 16.7. The van der Waals surface area contributed by atoms with Crippen molar-refractivity contribution in [3.8, 4) is 5.75 Å². The Balaban J connectivity index is 1.31. The van der Waals surface area contributed by atoms with Crippen LogP contribution in [0.25, 0.3) is 21.8 Å². The third kappa shape index (κ3) is 4.80. The second-order valence-electron chi connectivity index (χ2n) is 16.7. The third-order valence-corrected chi connectivity index (χ3v) is 14.7. The molecule has 0 radical (unpaired) electrons. The average Bonchev–Trinajstić information content (AvgIpc) is 3.70. The number of aliphatic hydroxyl groups excluding tert-OH is 1. The van der Waals surface area contributed by atoms with E-state index in [-0.39, 0.29) is 53.6 Å². The van der Waals surface area contributed by atoms with E-state index in [1.54, 1.807) is 7.11 Å². The SMILES string of the molecule is CC[C@@H]1CN(C)[C@H]2Cc3c([nH]c4ccccc34)[C@@H](c3c(OC)ccc4c5c([nH]c34)[C@]3(C(=O)OC)C[C@H]4C[C@H](CC)[C@@H]3N(CC5)[C@H]4O)C[C@@H]1[C@@H]2C(=O)OC. The van der Waals surface area contributed by atoms with Crippen LogP contribution in [0.15, 0.2) is 36.4 Å². The number of likely N-dealkylation sites (N-methyl/N-ethyl adjacent to an activating group) is 1. The number of aromatic nitrogens is 2. The van der Waals surface area contributed by atoms with Crippen molar-refractivity contribution in [1.29, 1.82) is 0 Å². The molecule has 2 aromatic carbocycles. The Kier molecular flexibility index (Phi) is 8.48. The zero-order valence-corrected chi connectivity index (χ0v) is 31.9. The minimum atomic E-state index is -0.926. The molecule has 53 heavy (non-hydrogen) atoms. The number of aliphatic hydroxyl groups is 1. The van der Waals surface area contributed by atoms with Crippen LogP contribution in [0.4, 0.5) is 0 Å². The molecular weight excluding hydrogens is 668 g/mol. The molecular formula is C43H54N4O6. The van der Waals surface area contributed by atoms with E-state index in [1.807, 2.05) is 0 Å². The van der Waals surface area contributed by atoms with Gasteiger partial charge in [0.2, 0.25) is 0 Å². The number of para-hydroxylation sites is 1. The van der Waals surface area contributed by atoms with Crippen LogP contribution in [-0.2, 0) is 37.3 Å². The molecule has 10 rings (SSSR count). The first-order valence-corrected chi connectivity index (χ1v) is 19.8. The van der Waals surface area contributed by atoms with Crippen molar-refractivity contribution in [1.82, 2.24) is 19.8 Å². The molecule has 3 saturated heterocycles. The van der Waals surface area contributed by atoms with Gasteiger partial charge in [0.15, 0.2) is 0 Å². The highest BCUT2D eigenvalue weighted by molar-refractivity contribution is 5.95. The lowest BCUT2D eigenvalue weighted by molar-refractivity contribution is -0.196. The Labute approximate surface area is 311 Å². The molecule has 2 aromatic heterocycles. The molecule has 4 aromatic rings. The normalized spacial score (nSPS) is 34.8. The molecule has 2 aliphatic carbocycles. The summed E-state index contributed by atoms with van der Waals surface area (Å²) in [5, 5.41) is 13.8. The third-order valence-electron chi connectivity index (χ3n) is 14.7. The Hall–Kier alpha value is -3.86. The number of rotatable bonds is 6. The first-order valence-electron chi connectivity index (χ1n) is 19.8. The van der Waals surface area contributed by atoms with Gasteiger partial charge in [-0.05, 0) is 86.2 Å². The molecule has 11 atom stereocenters. The van der Waals surface area contributed by atoms with Gasteiger partial charge in [0, 0.05) is 70.2 Å². The van der Waals surface area contributed by atoms with Crippen LogP contribution in [0, 0.1) is 29.6 Å². The molecule has 0 spiro atoms. The van der Waals surface area contributed by atoms with E-state index in [1.165, 1.54) is 30.9 Å². The van der Waals surface area contributed by atoms with Gasteiger partial charge in [-0.25, -0.2) is 0 Å². The zero-order chi connectivity index (χ0) is 36.9. The number of aromatic amines is 2. The lowest BCUT2D eigenvalue weighted by atomic mass is 9.56. The van der Waals surface area contributed by atoms with Gasteiger partial charge in [0.25, 0.3) is 0 Å². The average molecular weight is 723 g/mol. The largest absolute Gasteiger partial charge is 0.496 e. The number of methoxy groups -OCH3 is 3. The summed E-state index contributed by atoms with van der Waals surface area (Å²) in [6, 6.07) is 12.6. The lowest BCUT2D eigenvalue weighted by Crippen LogP contribution is -2.70. The molecule has 6 aliphatic rings. The summed E-state index contributed by atoms with van der Waals surface area (Å²) < 4.78 is 17.6. The second kappa shape index (κ2) is 12.9. The Morgan fingerprint density at radius 1 is 0.962 bits per heavy atom. The number of hydrogen-bond acceptors (Lipinski definition) is 8. The van der Waals surface area contributed by atoms with Gasteiger partial charge in [-0.15, -0.1) is 0 Å². The van der Waals surface area contributed by atoms with Crippen LogP contribution >= 0.6 is 0 Å². The van der Waals surface area contributed by atoms with Crippen LogP contribution in [0.3, 0.4) is 0 Å². The highest BCUT2D eigenvalue weighted by Crippen LogP contribution is 2.58. The number of hydrogen-bond donors (Lipinski definition) is 3. The van der Waals surface area contributed by atoms with Gasteiger partial charge in [-0.3, -0.25) is 14.5 Å². The molecule has 0 amide bonds. The number of carbonyl (C=O) groups excluding carboxylic acids is 2. The summed E-state index contributed by atoms with van der Waals surface area (Å²) in [6.07, 6.45) is 4.97. The van der Waals surface area contributed by atoms with Crippen molar-refractivity contribution in [3.05, 3.63) is 64.5 Å². The Morgan fingerprint density at radius 2 is 1.75 bits per heavy atom. The fourth-order valence-electron chi connectivity index (χ4n) is 12.5. The van der Waals surface area contributed by atoms with Crippen LogP contribution in [0.5, 0.6) is 5.75 Å². The number of piperidine rings is 3. The van der Waals surface area contributed by atoms with Crippen LogP contribution in [0.1, 0.15) is 79.9 Å². The molecule has 6 bridgehead atoms. The van der Waals surface area contributed by atoms with Crippen molar-refractivity contribution in [3.63, 3.8) is 0 Å². The number of fused-ring (bicyclic) bond motifs is 9. The van der Waals surface area contributed by atoms with Gasteiger partial charge in [-0.1, -0.05) is 44.9 Å². The summed E-state index contributed by atoms with van der Waals surface area (Å²) >= 11 is 0. The molecule has 10 nitrogen and oxygen atoms in total. The summed E-state index contributed by atoms with van der Waals surface area (Å²) in [7, 11) is 6.94. The van der Waals surface area contributed by atoms with E-state index in [0.29, 0.717) is 25.3 Å². The minimum absolute atomic E-state index is 0.0137. The van der Waals surface area contributed by atoms with Crippen LogP contribution in [-0.4, -0.2) is 96.6 Å². The van der Waals surface area contributed by atoms with Crippen molar-refractivity contribution in [2.75, 3.05) is 41.5 Å². The molecule has 6 heterocycles. The van der Waals surface area contributed by atoms with Crippen molar-refractivity contribution in [2.45, 2.75) is 88.4 Å². The van der Waals surface area contributed by atoms with Crippen LogP contribution in [0.2, 0.25) is 0 Å². The van der Waals surface area contributed by atoms with Crippen molar-refractivity contribution < 1.29 is 28.9 Å². The van der Waals surface area contributed by atoms with Crippen LogP contribution < -0.4 is 4.74 Å². The number of esters is 2. The first kappa shape index (κ1) is 34.9. The predicted octanol–water partition coefficient (Wildman–Crippen LogP) is 5.89. The number of nitrogens with one attached hydrogen (secondary N) is 2. The quantitative estimate of drug-likeness (QED) is 0.211. The summed E-state index contributed by atoms with van der Waals surface area (Å²) in [4.78, 5) is 40.9. The maximum atomic E-state index is 14.4. The van der Waals surface area contributed by atoms with Gasteiger partial charge < -0.3 is 34.2 Å². The van der Waals surface area contributed by atoms with Gasteiger partial charge in [-0.2, -0.15) is 0 Å². The number of nitrogens with zero attached hydrogens (tertiary/aromatic N) is 2. The fraction of sp³-hybridized carbons (Fsp3) is 0.581. The van der Waals surface area contributed by atoms with E-state index < -0.39 is 11.6 Å². The van der Waals surface area contributed by atoms with E-state index in [2.05, 4.69) is 77.1 Å². The number of ether oxygens (including phenoxy) is 3. The molecule has 3 N–H and O–H groups in total. The molecule has 1 unspecified atom stereocenters. The summed E-state index contributed by atoms with van der Waals surface area (Å²) in [5.74, 6) is 0.665. The predicted molar refractivity (Wildman–Crippen MR) is 203 cm³/mol. The minimum Gasteiger partial charge on any atom is -0.496 e. The van der Waals surface area contributed by atoms with Gasteiger partial charge in [0.05, 0.1) is 32.8 Å². The topological polar surface area (TPSA) is 120 Å². The fourth-order valence-corrected chi connectivity index (χ4v) is 12.5. The number of likely N-dealkylation sites (tertiary alicyclic amines) is 1. The molecule has 4 fully saturated rings. The highest BCUT2D eigenvalue weighted by atomic mass is 16.5. The Bertz CT molecular complexity index is 2090. The maximum Gasteiger partial charge on any atom is 0.319 e. The summed E-state index contributed by atoms with van der Waals surface area (Å²) in [5.41, 5.74) is 6.70. The molecule has 1 saturated carbocycles. The molecule has 10 heteroatoms. The number of H-pyrrole nitrogens is 2. The lowest BCUT2D eigenvalue weighted by Gasteiger charge is -2.59. The molecule has 282 valence electrons. The van der Waals surface area contributed by atoms with E-state index in [9.17, 15) is 14.7 Å². The summed E-state index contributed by atoms with van der Waals surface area (Å²) in [6.45, 7) is 6.04.